The maximum Gasteiger partial charge on any atom is 0.261 e. The Hall–Kier alpha value is -2.34. The van der Waals surface area contributed by atoms with Gasteiger partial charge in [-0.3, -0.25) is 9.52 Å². The first-order valence-corrected chi connectivity index (χ1v) is 10.8. The summed E-state index contributed by atoms with van der Waals surface area (Å²) >= 11 is 0. The summed E-state index contributed by atoms with van der Waals surface area (Å²) in [6.07, 6.45) is 2.50. The minimum absolute atomic E-state index is 0.131. The van der Waals surface area contributed by atoms with Gasteiger partial charge in [0.25, 0.3) is 10.0 Å². The zero-order valence-electron chi connectivity index (χ0n) is 15.8. The zero-order chi connectivity index (χ0) is 19.4. The van der Waals surface area contributed by atoms with Gasteiger partial charge < -0.3 is 4.90 Å². The highest BCUT2D eigenvalue weighted by Crippen LogP contribution is 2.20. The fourth-order valence-corrected chi connectivity index (χ4v) is 4.25. The van der Waals surface area contributed by atoms with Gasteiger partial charge in [0.2, 0.25) is 5.91 Å². The molecule has 0 aromatic heterocycles. The largest absolute Gasteiger partial charge is 0.342 e. The second-order valence-electron chi connectivity index (χ2n) is 7.29. The Bertz CT molecular complexity index is 882. The van der Waals surface area contributed by atoms with Crippen LogP contribution in [-0.2, 0) is 21.2 Å². The highest BCUT2D eigenvalue weighted by atomic mass is 32.2. The quantitative estimate of drug-likeness (QED) is 0.822. The molecule has 1 amide bonds. The lowest BCUT2D eigenvalue weighted by atomic mass is 10.0. The van der Waals surface area contributed by atoms with Crippen LogP contribution < -0.4 is 4.72 Å². The number of rotatable bonds is 6. The molecule has 144 valence electrons. The predicted molar refractivity (Wildman–Crippen MR) is 107 cm³/mol. The molecule has 0 spiro atoms. The Morgan fingerprint density at radius 2 is 1.59 bits per heavy atom. The molecule has 2 aromatic rings. The van der Waals surface area contributed by atoms with Crippen molar-refractivity contribution in [3.8, 4) is 0 Å². The average Bonchev–Trinajstić information content (AvgIpc) is 3.18. The summed E-state index contributed by atoms with van der Waals surface area (Å²) in [6, 6.07) is 13.9. The van der Waals surface area contributed by atoms with E-state index in [1.54, 1.807) is 36.4 Å². The van der Waals surface area contributed by atoms with Crippen LogP contribution >= 0.6 is 0 Å². The molecular formula is C21H26N2O3S. The molecule has 1 fully saturated rings. The van der Waals surface area contributed by atoms with Gasteiger partial charge in [-0.25, -0.2) is 8.42 Å². The average molecular weight is 387 g/mol. The lowest BCUT2D eigenvalue weighted by molar-refractivity contribution is -0.129. The number of likely N-dealkylation sites (tertiary alicyclic amines) is 1. The van der Waals surface area contributed by atoms with Crippen molar-refractivity contribution in [2.75, 3.05) is 17.8 Å². The first kappa shape index (κ1) is 19.4. The van der Waals surface area contributed by atoms with E-state index in [1.165, 1.54) is 0 Å². The maximum atomic E-state index is 12.5. The minimum Gasteiger partial charge on any atom is -0.342 e. The number of nitrogens with one attached hydrogen (secondary N) is 1. The van der Waals surface area contributed by atoms with Crippen LogP contribution in [0, 0.1) is 0 Å². The lowest BCUT2D eigenvalue weighted by Crippen LogP contribution is -2.29. The molecule has 0 saturated carbocycles. The van der Waals surface area contributed by atoms with Gasteiger partial charge in [0.1, 0.15) is 0 Å². The standard InChI is InChI=1S/C21H26N2O3S/c1-16(2)18-7-11-20(12-8-18)27(25,26)22-19-9-5-17(6-10-19)15-21(24)23-13-3-4-14-23/h5-12,16,22H,3-4,13-15H2,1-2H3. The van der Waals surface area contributed by atoms with E-state index < -0.39 is 10.0 Å². The SMILES string of the molecule is CC(C)c1ccc(S(=O)(=O)Nc2ccc(CC(=O)N3CCCC3)cc2)cc1. The number of hydrogen-bond donors (Lipinski definition) is 1. The van der Waals surface area contributed by atoms with E-state index in [2.05, 4.69) is 18.6 Å². The summed E-state index contributed by atoms with van der Waals surface area (Å²) < 4.78 is 27.7. The summed E-state index contributed by atoms with van der Waals surface area (Å²) in [5, 5.41) is 0. The lowest BCUT2D eigenvalue weighted by Gasteiger charge is -2.15. The van der Waals surface area contributed by atoms with Crippen LogP contribution in [0.15, 0.2) is 53.4 Å². The number of nitrogens with zero attached hydrogens (tertiary/aromatic N) is 1. The van der Waals surface area contributed by atoms with E-state index in [9.17, 15) is 13.2 Å². The van der Waals surface area contributed by atoms with Crippen LogP contribution in [0.4, 0.5) is 5.69 Å². The number of carbonyl (C=O) groups is 1. The second kappa shape index (κ2) is 8.13. The van der Waals surface area contributed by atoms with Crippen LogP contribution in [-0.4, -0.2) is 32.3 Å². The molecule has 2 aromatic carbocycles. The van der Waals surface area contributed by atoms with Crippen LogP contribution in [0.3, 0.4) is 0 Å². The van der Waals surface area contributed by atoms with E-state index in [0.717, 1.165) is 37.1 Å². The van der Waals surface area contributed by atoms with Crippen LogP contribution in [0.1, 0.15) is 43.7 Å². The summed E-state index contributed by atoms with van der Waals surface area (Å²) in [6.45, 7) is 5.81. The highest BCUT2D eigenvalue weighted by molar-refractivity contribution is 7.92. The molecule has 0 aliphatic carbocycles. The number of amides is 1. The first-order chi connectivity index (χ1) is 12.8. The fraction of sp³-hybridized carbons (Fsp3) is 0.381. The molecule has 1 aliphatic heterocycles. The Labute approximate surface area is 161 Å². The third-order valence-electron chi connectivity index (χ3n) is 4.88. The van der Waals surface area contributed by atoms with Gasteiger partial charge in [-0.2, -0.15) is 0 Å². The number of benzene rings is 2. The summed E-state index contributed by atoms with van der Waals surface area (Å²) in [5.41, 5.74) is 2.47. The second-order valence-corrected chi connectivity index (χ2v) is 8.97. The molecule has 0 radical (unpaired) electrons. The van der Waals surface area contributed by atoms with Gasteiger partial charge in [-0.15, -0.1) is 0 Å². The third kappa shape index (κ3) is 4.89. The van der Waals surface area contributed by atoms with Crippen molar-refractivity contribution in [1.82, 2.24) is 4.90 Å². The predicted octanol–water partition coefficient (Wildman–Crippen LogP) is 3.78. The Morgan fingerprint density at radius 1 is 1.00 bits per heavy atom. The third-order valence-corrected chi connectivity index (χ3v) is 6.27. The van der Waals surface area contributed by atoms with Crippen molar-refractivity contribution in [2.24, 2.45) is 0 Å². The van der Waals surface area contributed by atoms with Crippen molar-refractivity contribution in [3.05, 3.63) is 59.7 Å². The van der Waals surface area contributed by atoms with E-state index in [4.69, 9.17) is 0 Å². The molecule has 3 rings (SSSR count). The van der Waals surface area contributed by atoms with E-state index in [-0.39, 0.29) is 10.8 Å². The summed E-state index contributed by atoms with van der Waals surface area (Å²) in [5.74, 6) is 0.483. The number of carbonyl (C=O) groups excluding carboxylic acids is 1. The van der Waals surface area contributed by atoms with E-state index in [1.807, 2.05) is 17.0 Å². The topological polar surface area (TPSA) is 66.5 Å². The van der Waals surface area contributed by atoms with Crippen molar-refractivity contribution < 1.29 is 13.2 Å². The van der Waals surface area contributed by atoms with Crippen LogP contribution in [0.2, 0.25) is 0 Å². The molecule has 1 aliphatic rings. The summed E-state index contributed by atoms with van der Waals surface area (Å²) in [7, 11) is -3.63. The highest BCUT2D eigenvalue weighted by Gasteiger charge is 2.18. The van der Waals surface area contributed by atoms with Gasteiger partial charge in [0.15, 0.2) is 0 Å². The number of hydrogen-bond acceptors (Lipinski definition) is 3. The molecule has 1 heterocycles. The first-order valence-electron chi connectivity index (χ1n) is 9.34. The molecule has 0 atom stereocenters. The van der Waals surface area contributed by atoms with Crippen molar-refractivity contribution >= 4 is 21.6 Å². The van der Waals surface area contributed by atoms with Crippen molar-refractivity contribution in [3.63, 3.8) is 0 Å². The normalized spacial score (nSPS) is 14.6. The molecular weight excluding hydrogens is 360 g/mol. The van der Waals surface area contributed by atoms with Crippen LogP contribution in [0.25, 0.3) is 0 Å². The number of sulfonamides is 1. The Morgan fingerprint density at radius 3 is 2.15 bits per heavy atom. The van der Waals surface area contributed by atoms with Gasteiger partial charge in [0.05, 0.1) is 11.3 Å². The van der Waals surface area contributed by atoms with E-state index >= 15 is 0 Å². The number of anilines is 1. The zero-order valence-corrected chi connectivity index (χ0v) is 16.6. The fourth-order valence-electron chi connectivity index (χ4n) is 3.19. The molecule has 0 unspecified atom stereocenters. The van der Waals surface area contributed by atoms with E-state index in [0.29, 0.717) is 18.0 Å². The van der Waals surface area contributed by atoms with Gasteiger partial charge in [-0.05, 0) is 54.2 Å². The smallest absolute Gasteiger partial charge is 0.261 e. The van der Waals surface area contributed by atoms with Crippen molar-refractivity contribution in [1.29, 1.82) is 0 Å². The minimum atomic E-state index is -3.63. The monoisotopic (exact) mass is 386 g/mol. The molecule has 6 heteroatoms. The molecule has 1 N–H and O–H groups in total. The van der Waals surface area contributed by atoms with Gasteiger partial charge >= 0.3 is 0 Å². The Balaban J connectivity index is 1.65. The Kier molecular flexibility index (Phi) is 5.85. The van der Waals surface area contributed by atoms with Crippen molar-refractivity contribution in [2.45, 2.75) is 43.9 Å². The molecule has 0 bridgehead atoms. The summed E-state index contributed by atoms with van der Waals surface area (Å²) in [4.78, 5) is 14.3. The molecule has 5 nitrogen and oxygen atoms in total. The maximum absolute atomic E-state index is 12.5. The van der Waals surface area contributed by atoms with Gasteiger partial charge in [0, 0.05) is 18.8 Å². The molecule has 27 heavy (non-hydrogen) atoms. The molecule has 1 saturated heterocycles. The van der Waals surface area contributed by atoms with Gasteiger partial charge in [-0.1, -0.05) is 38.1 Å². The van der Waals surface area contributed by atoms with Crippen LogP contribution in [0.5, 0.6) is 0 Å².